The lowest BCUT2D eigenvalue weighted by Gasteiger charge is -2.18. The maximum Gasteiger partial charge on any atom is 0.0413 e. The fraction of sp³-hybridized carbons (Fsp3) is 0.643. The van der Waals surface area contributed by atoms with Crippen LogP contribution in [0.3, 0.4) is 0 Å². The Morgan fingerprint density at radius 1 is 1.35 bits per heavy atom. The number of hydrogen-bond acceptors (Lipinski definition) is 2. The zero-order valence-corrected chi connectivity index (χ0v) is 12.6. The molecule has 0 aliphatic heterocycles. The Bertz CT molecular complexity index is 309. The summed E-state index contributed by atoms with van der Waals surface area (Å²) in [6.07, 6.45) is 5.45. The van der Waals surface area contributed by atoms with Crippen LogP contribution < -0.4 is 5.32 Å². The van der Waals surface area contributed by atoms with Crippen molar-refractivity contribution in [3.05, 3.63) is 28.5 Å². The van der Waals surface area contributed by atoms with Crippen molar-refractivity contribution in [2.45, 2.75) is 46.1 Å². The molecule has 2 nitrogen and oxygen atoms in total. The molecule has 96 valence electrons. The van der Waals surface area contributed by atoms with Gasteiger partial charge in [0, 0.05) is 22.4 Å². The molecule has 1 atom stereocenters. The lowest BCUT2D eigenvalue weighted by Crippen LogP contribution is -2.30. The lowest BCUT2D eigenvalue weighted by molar-refractivity contribution is 0.415. The highest BCUT2D eigenvalue weighted by molar-refractivity contribution is 9.10. The summed E-state index contributed by atoms with van der Waals surface area (Å²) in [6.45, 7) is 7.72. The molecule has 17 heavy (non-hydrogen) atoms. The minimum atomic E-state index is 0.562. The van der Waals surface area contributed by atoms with E-state index in [-0.39, 0.29) is 0 Å². The molecule has 0 saturated heterocycles. The van der Waals surface area contributed by atoms with Crippen molar-refractivity contribution in [2.24, 2.45) is 5.92 Å². The van der Waals surface area contributed by atoms with Crippen LogP contribution in [-0.2, 0) is 6.42 Å². The molecule has 0 fully saturated rings. The highest BCUT2D eigenvalue weighted by atomic mass is 79.9. The number of halogens is 1. The van der Waals surface area contributed by atoms with Gasteiger partial charge in [-0.3, -0.25) is 4.98 Å². The standard InChI is InChI=1S/C14H23BrN2/c1-4-5-12(9-16-11(2)3)8-14-7-6-13(15)10-17-14/h6-7,10-12,16H,4-5,8-9H2,1-3H3. The van der Waals surface area contributed by atoms with Gasteiger partial charge in [0.1, 0.15) is 0 Å². The van der Waals surface area contributed by atoms with Gasteiger partial charge in [-0.25, -0.2) is 0 Å². The van der Waals surface area contributed by atoms with Gasteiger partial charge in [-0.05, 0) is 53.4 Å². The van der Waals surface area contributed by atoms with E-state index in [4.69, 9.17) is 0 Å². The second-order valence-corrected chi connectivity index (χ2v) is 5.81. The quantitative estimate of drug-likeness (QED) is 0.828. The van der Waals surface area contributed by atoms with Crippen LogP contribution in [0.2, 0.25) is 0 Å². The van der Waals surface area contributed by atoms with Gasteiger partial charge >= 0.3 is 0 Å². The molecule has 0 aliphatic rings. The third kappa shape index (κ3) is 6.18. The summed E-state index contributed by atoms with van der Waals surface area (Å²) in [5.41, 5.74) is 1.19. The van der Waals surface area contributed by atoms with Gasteiger partial charge in [0.15, 0.2) is 0 Å². The van der Waals surface area contributed by atoms with Crippen molar-refractivity contribution in [1.29, 1.82) is 0 Å². The topological polar surface area (TPSA) is 24.9 Å². The molecule has 0 saturated carbocycles. The number of rotatable bonds is 7. The Balaban J connectivity index is 2.50. The normalized spacial score (nSPS) is 13.0. The number of aromatic nitrogens is 1. The van der Waals surface area contributed by atoms with E-state index in [2.05, 4.69) is 59.1 Å². The second kappa shape index (κ2) is 7.83. The number of nitrogens with one attached hydrogen (secondary N) is 1. The van der Waals surface area contributed by atoms with E-state index in [1.807, 2.05) is 6.20 Å². The van der Waals surface area contributed by atoms with E-state index >= 15 is 0 Å². The van der Waals surface area contributed by atoms with Crippen molar-refractivity contribution >= 4 is 15.9 Å². The Morgan fingerprint density at radius 2 is 2.12 bits per heavy atom. The minimum absolute atomic E-state index is 0.562. The summed E-state index contributed by atoms with van der Waals surface area (Å²) >= 11 is 3.42. The highest BCUT2D eigenvalue weighted by Crippen LogP contribution is 2.14. The van der Waals surface area contributed by atoms with Crippen molar-refractivity contribution < 1.29 is 0 Å². The van der Waals surface area contributed by atoms with E-state index in [0.717, 1.165) is 17.4 Å². The van der Waals surface area contributed by atoms with Crippen molar-refractivity contribution in [2.75, 3.05) is 6.54 Å². The van der Waals surface area contributed by atoms with E-state index < -0.39 is 0 Å². The lowest BCUT2D eigenvalue weighted by atomic mass is 9.97. The maximum atomic E-state index is 4.45. The molecule has 1 aromatic heterocycles. The van der Waals surface area contributed by atoms with Gasteiger partial charge in [0.2, 0.25) is 0 Å². The van der Waals surface area contributed by atoms with E-state index in [1.165, 1.54) is 18.5 Å². The summed E-state index contributed by atoms with van der Waals surface area (Å²) in [6, 6.07) is 4.75. The largest absolute Gasteiger partial charge is 0.314 e. The van der Waals surface area contributed by atoms with E-state index in [1.54, 1.807) is 0 Å². The van der Waals surface area contributed by atoms with Crippen LogP contribution in [0.5, 0.6) is 0 Å². The van der Waals surface area contributed by atoms with Crippen LogP contribution >= 0.6 is 15.9 Å². The predicted octanol–water partition coefficient (Wildman–Crippen LogP) is 3.80. The van der Waals surface area contributed by atoms with Gasteiger partial charge in [0.05, 0.1) is 0 Å². The van der Waals surface area contributed by atoms with Crippen LogP contribution in [0.15, 0.2) is 22.8 Å². The van der Waals surface area contributed by atoms with Crippen LogP contribution in [0, 0.1) is 5.92 Å². The zero-order chi connectivity index (χ0) is 12.7. The summed E-state index contributed by atoms with van der Waals surface area (Å²) in [5, 5.41) is 3.52. The smallest absolute Gasteiger partial charge is 0.0413 e. The van der Waals surface area contributed by atoms with Gasteiger partial charge in [-0.1, -0.05) is 27.2 Å². The Kier molecular flexibility index (Phi) is 6.75. The molecule has 0 bridgehead atoms. The summed E-state index contributed by atoms with van der Waals surface area (Å²) < 4.78 is 1.05. The molecule has 1 heterocycles. The molecular formula is C14H23BrN2. The van der Waals surface area contributed by atoms with Crippen LogP contribution in [0.4, 0.5) is 0 Å². The number of pyridine rings is 1. The number of nitrogens with zero attached hydrogens (tertiary/aromatic N) is 1. The Hall–Kier alpha value is -0.410. The highest BCUT2D eigenvalue weighted by Gasteiger charge is 2.10. The average molecular weight is 299 g/mol. The van der Waals surface area contributed by atoms with Crippen LogP contribution in [0.25, 0.3) is 0 Å². The molecule has 1 unspecified atom stereocenters. The molecule has 1 rings (SSSR count). The van der Waals surface area contributed by atoms with E-state index in [9.17, 15) is 0 Å². The zero-order valence-electron chi connectivity index (χ0n) is 11.0. The maximum absolute atomic E-state index is 4.45. The third-order valence-corrected chi connectivity index (χ3v) is 3.27. The first-order valence-corrected chi connectivity index (χ1v) is 7.25. The molecule has 0 aliphatic carbocycles. The van der Waals surface area contributed by atoms with Gasteiger partial charge in [-0.2, -0.15) is 0 Å². The summed E-state index contributed by atoms with van der Waals surface area (Å²) in [5.74, 6) is 0.691. The first kappa shape index (κ1) is 14.7. The van der Waals surface area contributed by atoms with Crippen molar-refractivity contribution in [3.63, 3.8) is 0 Å². The van der Waals surface area contributed by atoms with Gasteiger partial charge in [-0.15, -0.1) is 0 Å². The molecule has 1 aromatic rings. The summed E-state index contributed by atoms with van der Waals surface area (Å²) in [7, 11) is 0. The monoisotopic (exact) mass is 298 g/mol. The minimum Gasteiger partial charge on any atom is -0.314 e. The summed E-state index contributed by atoms with van der Waals surface area (Å²) in [4.78, 5) is 4.45. The van der Waals surface area contributed by atoms with Crippen molar-refractivity contribution in [3.8, 4) is 0 Å². The molecule has 0 spiro atoms. The van der Waals surface area contributed by atoms with E-state index in [0.29, 0.717) is 12.0 Å². The number of hydrogen-bond donors (Lipinski definition) is 1. The average Bonchev–Trinajstić information content (AvgIpc) is 2.29. The SMILES string of the molecule is CCCC(CNC(C)C)Cc1ccc(Br)cn1. The van der Waals surface area contributed by atoms with Crippen LogP contribution in [0.1, 0.15) is 39.3 Å². The fourth-order valence-corrected chi connectivity index (χ4v) is 2.14. The molecule has 1 N–H and O–H groups in total. The van der Waals surface area contributed by atoms with Gasteiger partial charge in [0.25, 0.3) is 0 Å². The first-order chi connectivity index (χ1) is 8.11. The Labute approximate surface area is 113 Å². The molecule has 0 radical (unpaired) electrons. The molecule has 0 amide bonds. The predicted molar refractivity (Wildman–Crippen MR) is 77.2 cm³/mol. The fourth-order valence-electron chi connectivity index (χ4n) is 1.91. The second-order valence-electron chi connectivity index (χ2n) is 4.89. The first-order valence-electron chi connectivity index (χ1n) is 6.45. The molecule has 3 heteroatoms. The Morgan fingerprint density at radius 3 is 2.65 bits per heavy atom. The van der Waals surface area contributed by atoms with Gasteiger partial charge < -0.3 is 5.32 Å². The molecule has 0 aromatic carbocycles. The third-order valence-electron chi connectivity index (χ3n) is 2.80. The van der Waals surface area contributed by atoms with Crippen molar-refractivity contribution in [1.82, 2.24) is 10.3 Å². The van der Waals surface area contributed by atoms with Crippen LogP contribution in [-0.4, -0.2) is 17.6 Å². The molecular weight excluding hydrogens is 276 g/mol.